The average molecular weight is 383 g/mol. The first-order valence-electron chi connectivity index (χ1n) is 9.39. The Hall–Kier alpha value is -3.86. The summed E-state index contributed by atoms with van der Waals surface area (Å²) in [5, 5.41) is 7.23. The van der Waals surface area contributed by atoms with Crippen LogP contribution < -0.4 is 10.1 Å². The van der Waals surface area contributed by atoms with E-state index in [2.05, 4.69) is 10.4 Å². The Morgan fingerprint density at radius 1 is 0.931 bits per heavy atom. The van der Waals surface area contributed by atoms with Crippen LogP contribution in [0.5, 0.6) is 11.5 Å². The molecule has 3 aromatic carbocycles. The molecule has 5 nitrogen and oxygen atoms in total. The molecule has 1 aromatic heterocycles. The highest BCUT2D eigenvalue weighted by atomic mass is 16.5. The van der Waals surface area contributed by atoms with Crippen LogP contribution in [0, 0.1) is 6.92 Å². The molecular formula is C24H21N3O2. The van der Waals surface area contributed by atoms with E-state index in [9.17, 15) is 4.79 Å². The fraction of sp³-hybridized carbons (Fsp3) is 0.0833. The van der Waals surface area contributed by atoms with E-state index in [1.165, 1.54) is 5.56 Å². The molecule has 0 saturated heterocycles. The Morgan fingerprint density at radius 3 is 2.28 bits per heavy atom. The number of nitrogens with one attached hydrogen (secondary N) is 1. The Balaban J connectivity index is 1.34. The van der Waals surface area contributed by atoms with Crippen LogP contribution in [-0.2, 0) is 11.2 Å². The standard InChI is InChI=1S/C24H21N3O2/c1-18-7-11-22(12-8-18)29-23-13-9-20(10-14-23)26-24(28)15-19-16-25-27(17-19)21-5-3-2-4-6-21/h2-14,16-17H,15H2,1H3,(H,26,28). The van der Waals surface area contributed by atoms with E-state index in [1.807, 2.05) is 92.0 Å². The summed E-state index contributed by atoms with van der Waals surface area (Å²) in [5.41, 5.74) is 3.72. The number of anilines is 1. The maximum Gasteiger partial charge on any atom is 0.228 e. The zero-order valence-electron chi connectivity index (χ0n) is 16.1. The third-order valence-corrected chi connectivity index (χ3v) is 4.42. The second kappa shape index (κ2) is 8.44. The zero-order valence-corrected chi connectivity index (χ0v) is 16.1. The molecule has 0 radical (unpaired) electrons. The Morgan fingerprint density at radius 2 is 1.59 bits per heavy atom. The highest BCUT2D eigenvalue weighted by molar-refractivity contribution is 5.92. The van der Waals surface area contributed by atoms with Crippen molar-refractivity contribution in [1.29, 1.82) is 0 Å². The largest absolute Gasteiger partial charge is 0.457 e. The third-order valence-electron chi connectivity index (χ3n) is 4.42. The van der Waals surface area contributed by atoms with E-state index in [0.29, 0.717) is 0 Å². The first kappa shape index (κ1) is 18.5. The summed E-state index contributed by atoms with van der Waals surface area (Å²) < 4.78 is 7.57. The van der Waals surface area contributed by atoms with Gasteiger partial charge in [-0.25, -0.2) is 4.68 Å². The molecule has 0 unspecified atom stereocenters. The van der Waals surface area contributed by atoms with Gasteiger partial charge in [0.1, 0.15) is 11.5 Å². The Labute approximate surface area is 169 Å². The summed E-state index contributed by atoms with van der Waals surface area (Å²) in [6.45, 7) is 2.04. The lowest BCUT2D eigenvalue weighted by Crippen LogP contribution is -2.13. The molecule has 144 valence electrons. The summed E-state index contributed by atoms with van der Waals surface area (Å²) in [6.07, 6.45) is 3.84. The number of para-hydroxylation sites is 1. The first-order chi connectivity index (χ1) is 14.2. The summed E-state index contributed by atoms with van der Waals surface area (Å²) in [6, 6.07) is 25.0. The number of hydrogen-bond donors (Lipinski definition) is 1. The van der Waals surface area contributed by atoms with Crippen LogP contribution in [0.3, 0.4) is 0 Å². The number of amides is 1. The first-order valence-corrected chi connectivity index (χ1v) is 9.39. The van der Waals surface area contributed by atoms with Gasteiger partial charge >= 0.3 is 0 Å². The Bertz CT molecular complexity index is 1090. The lowest BCUT2D eigenvalue weighted by Gasteiger charge is -2.08. The Kier molecular flexibility index (Phi) is 5.38. The lowest BCUT2D eigenvalue weighted by atomic mass is 10.2. The van der Waals surface area contributed by atoms with Gasteiger partial charge in [-0.2, -0.15) is 5.10 Å². The predicted molar refractivity (Wildman–Crippen MR) is 114 cm³/mol. The molecular weight excluding hydrogens is 362 g/mol. The van der Waals surface area contributed by atoms with Crippen LogP contribution in [0.4, 0.5) is 5.69 Å². The highest BCUT2D eigenvalue weighted by Crippen LogP contribution is 2.23. The minimum Gasteiger partial charge on any atom is -0.457 e. The van der Waals surface area contributed by atoms with Crippen molar-refractivity contribution in [2.75, 3.05) is 5.32 Å². The van der Waals surface area contributed by atoms with Gasteiger partial charge in [-0.1, -0.05) is 35.9 Å². The van der Waals surface area contributed by atoms with E-state index >= 15 is 0 Å². The van der Waals surface area contributed by atoms with Crippen LogP contribution in [0.1, 0.15) is 11.1 Å². The van der Waals surface area contributed by atoms with Crippen LogP contribution in [0.2, 0.25) is 0 Å². The van der Waals surface area contributed by atoms with Crippen LogP contribution >= 0.6 is 0 Å². The van der Waals surface area contributed by atoms with Crippen LogP contribution in [-0.4, -0.2) is 15.7 Å². The SMILES string of the molecule is Cc1ccc(Oc2ccc(NC(=O)Cc3cnn(-c4ccccc4)c3)cc2)cc1. The van der Waals surface area contributed by atoms with Gasteiger partial charge < -0.3 is 10.1 Å². The van der Waals surface area contributed by atoms with Crippen molar-refractivity contribution >= 4 is 11.6 Å². The number of carbonyl (C=O) groups is 1. The summed E-state index contributed by atoms with van der Waals surface area (Å²) >= 11 is 0. The van der Waals surface area contributed by atoms with Crippen molar-refractivity contribution in [2.24, 2.45) is 0 Å². The molecule has 0 aliphatic rings. The van der Waals surface area contributed by atoms with Gasteiger partial charge in [-0.3, -0.25) is 4.79 Å². The molecule has 1 N–H and O–H groups in total. The van der Waals surface area contributed by atoms with Gasteiger partial charge in [0, 0.05) is 11.9 Å². The molecule has 1 amide bonds. The number of benzene rings is 3. The van der Waals surface area contributed by atoms with Crippen molar-refractivity contribution in [3.63, 3.8) is 0 Å². The highest BCUT2D eigenvalue weighted by Gasteiger charge is 2.08. The summed E-state index contributed by atoms with van der Waals surface area (Å²) in [7, 11) is 0. The maximum absolute atomic E-state index is 12.4. The maximum atomic E-state index is 12.4. The summed E-state index contributed by atoms with van der Waals surface area (Å²) in [5.74, 6) is 1.41. The summed E-state index contributed by atoms with van der Waals surface area (Å²) in [4.78, 5) is 12.4. The molecule has 0 atom stereocenters. The van der Waals surface area contributed by atoms with Crippen molar-refractivity contribution < 1.29 is 9.53 Å². The molecule has 0 saturated carbocycles. The predicted octanol–water partition coefficient (Wildman–Crippen LogP) is 5.15. The number of aromatic nitrogens is 2. The van der Waals surface area contributed by atoms with Crippen molar-refractivity contribution in [1.82, 2.24) is 9.78 Å². The molecule has 0 fully saturated rings. The van der Waals surface area contributed by atoms with Crippen LogP contribution in [0.15, 0.2) is 91.3 Å². The minimum absolute atomic E-state index is 0.0928. The van der Waals surface area contributed by atoms with E-state index in [1.54, 1.807) is 10.9 Å². The van der Waals surface area contributed by atoms with E-state index < -0.39 is 0 Å². The molecule has 0 aliphatic heterocycles. The van der Waals surface area contributed by atoms with Crippen molar-refractivity contribution in [3.05, 3.63) is 102 Å². The fourth-order valence-corrected chi connectivity index (χ4v) is 2.91. The average Bonchev–Trinajstić information content (AvgIpc) is 3.20. The normalized spacial score (nSPS) is 10.5. The molecule has 0 aliphatic carbocycles. The quantitative estimate of drug-likeness (QED) is 0.501. The third kappa shape index (κ3) is 4.90. The molecule has 0 bridgehead atoms. The van der Waals surface area contributed by atoms with Gasteiger partial charge in [0.15, 0.2) is 0 Å². The van der Waals surface area contributed by atoms with E-state index in [0.717, 1.165) is 28.4 Å². The molecule has 5 heteroatoms. The molecule has 4 rings (SSSR count). The molecule has 1 heterocycles. The number of aryl methyl sites for hydroxylation is 1. The van der Waals surface area contributed by atoms with E-state index in [-0.39, 0.29) is 12.3 Å². The monoisotopic (exact) mass is 383 g/mol. The number of nitrogens with zero attached hydrogens (tertiary/aromatic N) is 2. The second-order valence-electron chi connectivity index (χ2n) is 6.79. The van der Waals surface area contributed by atoms with Gasteiger partial charge in [0.05, 0.1) is 18.3 Å². The van der Waals surface area contributed by atoms with E-state index in [4.69, 9.17) is 4.74 Å². The van der Waals surface area contributed by atoms with Crippen molar-refractivity contribution in [2.45, 2.75) is 13.3 Å². The van der Waals surface area contributed by atoms with Crippen molar-refractivity contribution in [3.8, 4) is 17.2 Å². The molecule has 29 heavy (non-hydrogen) atoms. The second-order valence-corrected chi connectivity index (χ2v) is 6.79. The van der Waals surface area contributed by atoms with Crippen LogP contribution in [0.25, 0.3) is 5.69 Å². The van der Waals surface area contributed by atoms with Gasteiger partial charge in [-0.15, -0.1) is 0 Å². The zero-order chi connectivity index (χ0) is 20.1. The smallest absolute Gasteiger partial charge is 0.228 e. The van der Waals surface area contributed by atoms with Gasteiger partial charge in [0.2, 0.25) is 5.91 Å². The minimum atomic E-state index is -0.0928. The number of carbonyl (C=O) groups excluding carboxylic acids is 1. The molecule has 0 spiro atoms. The number of hydrogen-bond acceptors (Lipinski definition) is 3. The topological polar surface area (TPSA) is 56.1 Å². The number of rotatable bonds is 6. The van der Waals surface area contributed by atoms with Gasteiger partial charge in [-0.05, 0) is 61.0 Å². The molecule has 4 aromatic rings. The number of ether oxygens (including phenoxy) is 1. The van der Waals surface area contributed by atoms with Gasteiger partial charge in [0.25, 0.3) is 0 Å². The lowest BCUT2D eigenvalue weighted by molar-refractivity contribution is -0.115. The fourth-order valence-electron chi connectivity index (χ4n) is 2.91.